The molecule has 1 saturated carbocycles. The van der Waals surface area contributed by atoms with Gasteiger partial charge in [-0.2, -0.15) is 13.2 Å². The van der Waals surface area contributed by atoms with Crippen molar-refractivity contribution >= 4 is 16.8 Å². The Morgan fingerprint density at radius 3 is 2.44 bits per heavy atom. The molecule has 0 atom stereocenters. The fourth-order valence-corrected chi connectivity index (χ4v) is 3.35. The van der Waals surface area contributed by atoms with E-state index in [1.165, 1.54) is 12.1 Å². The Balaban J connectivity index is 1.50. The number of hydrogen-bond acceptors (Lipinski definition) is 1. The van der Waals surface area contributed by atoms with Crippen molar-refractivity contribution in [3.63, 3.8) is 0 Å². The van der Waals surface area contributed by atoms with Gasteiger partial charge in [-0.25, -0.2) is 0 Å². The molecule has 0 spiro atoms. The fourth-order valence-electron chi connectivity index (χ4n) is 3.35. The minimum Gasteiger partial charge on any atom is -0.361 e. The predicted molar refractivity (Wildman–Crippen MR) is 97.0 cm³/mol. The normalized spacial score (nSPS) is 14.5. The molecule has 27 heavy (non-hydrogen) atoms. The van der Waals surface area contributed by atoms with Crippen molar-refractivity contribution in [1.29, 1.82) is 0 Å². The number of rotatable bonds is 5. The van der Waals surface area contributed by atoms with Gasteiger partial charge in [0.25, 0.3) is 0 Å². The van der Waals surface area contributed by atoms with Crippen molar-refractivity contribution in [1.82, 2.24) is 9.88 Å². The van der Waals surface area contributed by atoms with Crippen molar-refractivity contribution in [2.24, 2.45) is 0 Å². The van der Waals surface area contributed by atoms with Gasteiger partial charge in [0.15, 0.2) is 0 Å². The third-order valence-corrected chi connectivity index (χ3v) is 4.96. The lowest BCUT2D eigenvalue weighted by Crippen LogP contribution is -2.33. The standard InChI is InChI=1S/C21H19F3N2O/c22-21(23,24)16-7-5-14(6-8-16)13-26(17-9-10-17)20(27)11-15-12-25-19-4-2-1-3-18(15)19/h1-8,12,17,25H,9-11,13H2. The Labute approximate surface area is 154 Å². The van der Waals surface area contributed by atoms with Gasteiger partial charge in [-0.05, 0) is 42.2 Å². The highest BCUT2D eigenvalue weighted by molar-refractivity contribution is 5.89. The fraction of sp³-hybridized carbons (Fsp3) is 0.286. The molecule has 1 fully saturated rings. The first-order chi connectivity index (χ1) is 12.9. The van der Waals surface area contributed by atoms with E-state index in [1.54, 1.807) is 4.90 Å². The number of carbonyl (C=O) groups excluding carboxylic acids is 1. The number of nitrogens with zero attached hydrogens (tertiary/aromatic N) is 1. The molecule has 2 aromatic carbocycles. The van der Waals surface area contributed by atoms with Gasteiger partial charge < -0.3 is 9.88 Å². The largest absolute Gasteiger partial charge is 0.416 e. The van der Waals surface area contributed by atoms with E-state index < -0.39 is 11.7 Å². The molecule has 0 aliphatic heterocycles. The molecule has 3 nitrogen and oxygen atoms in total. The molecule has 4 rings (SSSR count). The Morgan fingerprint density at radius 1 is 1.07 bits per heavy atom. The smallest absolute Gasteiger partial charge is 0.361 e. The summed E-state index contributed by atoms with van der Waals surface area (Å²) in [6.45, 7) is 0.337. The second kappa shape index (κ2) is 6.76. The second-order valence-corrected chi connectivity index (χ2v) is 6.98. The summed E-state index contributed by atoms with van der Waals surface area (Å²) in [5, 5.41) is 1.02. The monoisotopic (exact) mass is 372 g/mol. The summed E-state index contributed by atoms with van der Waals surface area (Å²) in [7, 11) is 0. The van der Waals surface area contributed by atoms with E-state index in [1.807, 2.05) is 30.5 Å². The maximum Gasteiger partial charge on any atom is 0.416 e. The molecule has 1 aliphatic carbocycles. The molecule has 1 N–H and O–H groups in total. The molecule has 0 unspecified atom stereocenters. The van der Waals surface area contributed by atoms with Crippen LogP contribution in [0.4, 0.5) is 13.2 Å². The average Bonchev–Trinajstić information content (AvgIpc) is 3.41. The van der Waals surface area contributed by atoms with Crippen LogP contribution in [-0.4, -0.2) is 21.8 Å². The van der Waals surface area contributed by atoms with Crippen LogP contribution in [0, 0.1) is 0 Å². The number of fused-ring (bicyclic) bond motifs is 1. The number of aromatic nitrogens is 1. The summed E-state index contributed by atoms with van der Waals surface area (Å²) in [5.74, 6) is 0.00199. The molecule has 0 radical (unpaired) electrons. The van der Waals surface area contributed by atoms with Gasteiger partial charge >= 0.3 is 6.18 Å². The summed E-state index contributed by atoms with van der Waals surface area (Å²) in [5.41, 5.74) is 1.96. The van der Waals surface area contributed by atoms with Crippen LogP contribution in [0.15, 0.2) is 54.7 Å². The molecule has 1 aromatic heterocycles. The van der Waals surface area contributed by atoms with Gasteiger partial charge in [-0.15, -0.1) is 0 Å². The van der Waals surface area contributed by atoms with Crippen LogP contribution in [0.1, 0.15) is 29.5 Å². The average molecular weight is 372 g/mol. The van der Waals surface area contributed by atoms with E-state index in [-0.39, 0.29) is 18.4 Å². The van der Waals surface area contributed by atoms with Crippen LogP contribution in [0.2, 0.25) is 0 Å². The van der Waals surface area contributed by atoms with Gasteiger partial charge in [-0.3, -0.25) is 4.79 Å². The zero-order valence-electron chi connectivity index (χ0n) is 14.6. The first-order valence-corrected chi connectivity index (χ1v) is 8.92. The zero-order chi connectivity index (χ0) is 19.0. The Kier molecular flexibility index (Phi) is 4.42. The number of carbonyl (C=O) groups is 1. The van der Waals surface area contributed by atoms with E-state index in [2.05, 4.69) is 4.98 Å². The number of benzene rings is 2. The molecular formula is C21H19F3N2O. The molecule has 6 heteroatoms. The SMILES string of the molecule is O=C(Cc1c[nH]c2ccccc12)N(Cc1ccc(C(F)(F)F)cc1)C1CC1. The summed E-state index contributed by atoms with van der Waals surface area (Å²) in [6.07, 6.45) is -0.326. The van der Waals surface area contributed by atoms with E-state index in [0.717, 1.165) is 41.4 Å². The number of nitrogens with one attached hydrogen (secondary N) is 1. The van der Waals surface area contributed by atoms with Crippen LogP contribution in [0.5, 0.6) is 0 Å². The van der Waals surface area contributed by atoms with Crippen molar-refractivity contribution in [3.05, 3.63) is 71.4 Å². The molecule has 1 aliphatic rings. The number of halogens is 3. The predicted octanol–water partition coefficient (Wildman–Crippen LogP) is 4.92. The highest BCUT2D eigenvalue weighted by Crippen LogP contribution is 2.32. The lowest BCUT2D eigenvalue weighted by atomic mass is 10.1. The van der Waals surface area contributed by atoms with Crippen LogP contribution in [0.3, 0.4) is 0 Å². The van der Waals surface area contributed by atoms with Crippen molar-refractivity contribution in [2.75, 3.05) is 0 Å². The molecule has 0 saturated heterocycles. The van der Waals surface area contributed by atoms with Gasteiger partial charge in [0, 0.05) is 29.7 Å². The molecular weight excluding hydrogens is 353 g/mol. The Bertz CT molecular complexity index is 955. The Morgan fingerprint density at radius 2 is 1.78 bits per heavy atom. The van der Waals surface area contributed by atoms with Crippen LogP contribution < -0.4 is 0 Å². The van der Waals surface area contributed by atoms with E-state index in [4.69, 9.17) is 0 Å². The van der Waals surface area contributed by atoms with Gasteiger partial charge in [-0.1, -0.05) is 30.3 Å². The highest BCUT2D eigenvalue weighted by Gasteiger charge is 2.33. The van der Waals surface area contributed by atoms with E-state index in [0.29, 0.717) is 12.1 Å². The van der Waals surface area contributed by atoms with Crippen molar-refractivity contribution in [2.45, 2.75) is 38.0 Å². The minimum atomic E-state index is -4.35. The second-order valence-electron chi connectivity index (χ2n) is 6.98. The maximum atomic E-state index is 12.9. The third kappa shape index (κ3) is 3.84. The third-order valence-electron chi connectivity index (χ3n) is 4.96. The molecule has 3 aromatic rings. The van der Waals surface area contributed by atoms with Crippen LogP contribution in [0.25, 0.3) is 10.9 Å². The lowest BCUT2D eigenvalue weighted by molar-refractivity contribution is -0.137. The van der Waals surface area contributed by atoms with Crippen molar-refractivity contribution in [3.8, 4) is 0 Å². The minimum absolute atomic E-state index is 0.00199. The Hall–Kier alpha value is -2.76. The zero-order valence-corrected chi connectivity index (χ0v) is 14.6. The van der Waals surface area contributed by atoms with Crippen LogP contribution >= 0.6 is 0 Å². The van der Waals surface area contributed by atoms with Gasteiger partial charge in [0.1, 0.15) is 0 Å². The quantitative estimate of drug-likeness (QED) is 0.678. The molecule has 1 heterocycles. The van der Waals surface area contributed by atoms with Gasteiger partial charge in [0.05, 0.1) is 12.0 Å². The maximum absolute atomic E-state index is 12.9. The molecule has 1 amide bonds. The number of amides is 1. The number of alkyl halides is 3. The first-order valence-electron chi connectivity index (χ1n) is 8.92. The summed E-state index contributed by atoms with van der Waals surface area (Å²) < 4.78 is 38.2. The van der Waals surface area contributed by atoms with Gasteiger partial charge in [0.2, 0.25) is 5.91 Å². The number of hydrogen-bond donors (Lipinski definition) is 1. The summed E-state index contributed by atoms with van der Waals surface area (Å²) in [4.78, 5) is 17.9. The molecule has 0 bridgehead atoms. The lowest BCUT2D eigenvalue weighted by Gasteiger charge is -2.23. The number of para-hydroxylation sites is 1. The summed E-state index contributed by atoms with van der Waals surface area (Å²) in [6, 6.07) is 13.1. The first kappa shape index (κ1) is 17.6. The van der Waals surface area contributed by atoms with Crippen molar-refractivity contribution < 1.29 is 18.0 Å². The number of H-pyrrole nitrogens is 1. The highest BCUT2D eigenvalue weighted by atomic mass is 19.4. The topological polar surface area (TPSA) is 36.1 Å². The van der Waals surface area contributed by atoms with Crippen LogP contribution in [-0.2, 0) is 23.9 Å². The summed E-state index contributed by atoms with van der Waals surface area (Å²) >= 11 is 0. The number of aromatic amines is 1. The van der Waals surface area contributed by atoms with E-state index in [9.17, 15) is 18.0 Å². The molecule has 140 valence electrons. The van der Waals surface area contributed by atoms with E-state index >= 15 is 0 Å².